The number of carbonyl (C=O) groups excluding carboxylic acids is 2. The summed E-state index contributed by atoms with van der Waals surface area (Å²) in [5.74, 6) is -0.0673. The van der Waals surface area contributed by atoms with Crippen LogP contribution in [0.15, 0.2) is 42.6 Å². The molecule has 1 aliphatic heterocycles. The van der Waals surface area contributed by atoms with Crippen molar-refractivity contribution in [1.82, 2.24) is 29.8 Å². The maximum atomic E-state index is 13.1. The lowest BCUT2D eigenvalue weighted by Gasteiger charge is -2.53. The summed E-state index contributed by atoms with van der Waals surface area (Å²) >= 11 is 0. The number of nitrogens with zero attached hydrogens (tertiary/aromatic N) is 6. The van der Waals surface area contributed by atoms with Gasteiger partial charge in [-0.05, 0) is 57.1 Å². The average molecular weight is 447 g/mol. The molecular weight excluding hydrogens is 416 g/mol. The molecular formula is C25H30N6O2. The minimum Gasteiger partial charge on any atom is -0.338 e. The van der Waals surface area contributed by atoms with Crippen LogP contribution in [0.3, 0.4) is 0 Å². The van der Waals surface area contributed by atoms with E-state index in [9.17, 15) is 9.59 Å². The standard InChI is InChI=1S/C25H30N6O2/c1-3-29(4-2)24(33)21-17-31(28-27-21)22-11-12-25(22)13-15-30(16-14-25)23(32)20-10-9-18-7-5-6-8-19(18)26-20/h5-10,17,22H,3-4,11-16H2,1-2H3. The van der Waals surface area contributed by atoms with Crippen LogP contribution >= 0.6 is 0 Å². The fraction of sp³-hybridized carbons (Fsp3) is 0.480. The summed E-state index contributed by atoms with van der Waals surface area (Å²) < 4.78 is 1.89. The first kappa shape index (κ1) is 21.6. The molecule has 1 aliphatic carbocycles. The normalized spacial score (nSPS) is 19.5. The van der Waals surface area contributed by atoms with E-state index >= 15 is 0 Å². The molecule has 2 fully saturated rings. The first-order valence-electron chi connectivity index (χ1n) is 11.9. The number of rotatable bonds is 5. The molecule has 1 spiro atoms. The third-order valence-electron chi connectivity index (χ3n) is 7.59. The van der Waals surface area contributed by atoms with Gasteiger partial charge in [-0.25, -0.2) is 9.67 Å². The highest BCUT2D eigenvalue weighted by Gasteiger charge is 2.50. The van der Waals surface area contributed by atoms with Gasteiger partial charge < -0.3 is 9.80 Å². The summed E-state index contributed by atoms with van der Waals surface area (Å²) in [4.78, 5) is 34.0. The summed E-state index contributed by atoms with van der Waals surface area (Å²) in [7, 11) is 0. The van der Waals surface area contributed by atoms with E-state index in [1.54, 1.807) is 4.90 Å². The van der Waals surface area contributed by atoms with Gasteiger partial charge in [-0.3, -0.25) is 9.59 Å². The predicted molar refractivity (Wildman–Crippen MR) is 125 cm³/mol. The Morgan fingerprint density at radius 3 is 2.48 bits per heavy atom. The van der Waals surface area contributed by atoms with Crippen molar-refractivity contribution in [3.05, 3.63) is 54.0 Å². The van der Waals surface area contributed by atoms with E-state index in [2.05, 4.69) is 15.3 Å². The number of para-hydroxylation sites is 1. The first-order chi connectivity index (χ1) is 16.0. The summed E-state index contributed by atoms with van der Waals surface area (Å²) in [6.07, 6.45) is 5.81. The maximum absolute atomic E-state index is 13.1. The van der Waals surface area contributed by atoms with Gasteiger partial charge in [-0.1, -0.05) is 29.5 Å². The van der Waals surface area contributed by atoms with Crippen LogP contribution in [0.1, 0.15) is 66.5 Å². The van der Waals surface area contributed by atoms with Gasteiger partial charge in [0.25, 0.3) is 11.8 Å². The number of hydrogen-bond acceptors (Lipinski definition) is 5. The van der Waals surface area contributed by atoms with Crippen molar-refractivity contribution >= 4 is 22.7 Å². The number of benzene rings is 1. The van der Waals surface area contributed by atoms with Gasteiger partial charge in [0.2, 0.25) is 0 Å². The second-order valence-corrected chi connectivity index (χ2v) is 9.16. The highest BCUT2D eigenvalue weighted by atomic mass is 16.2. The number of likely N-dealkylation sites (tertiary alicyclic amines) is 1. The first-order valence-corrected chi connectivity index (χ1v) is 11.9. The zero-order valence-electron chi connectivity index (χ0n) is 19.3. The van der Waals surface area contributed by atoms with Crippen molar-refractivity contribution in [2.75, 3.05) is 26.2 Å². The monoisotopic (exact) mass is 446 g/mol. The summed E-state index contributed by atoms with van der Waals surface area (Å²) in [6, 6.07) is 11.9. The number of carbonyl (C=O) groups is 2. The number of amides is 2. The second-order valence-electron chi connectivity index (χ2n) is 9.16. The Kier molecular flexibility index (Phi) is 5.60. The van der Waals surface area contributed by atoms with Crippen molar-refractivity contribution in [3.63, 3.8) is 0 Å². The fourth-order valence-electron chi connectivity index (χ4n) is 5.38. The van der Waals surface area contributed by atoms with Crippen LogP contribution in [0.25, 0.3) is 10.9 Å². The van der Waals surface area contributed by atoms with E-state index in [0.29, 0.717) is 37.6 Å². The van der Waals surface area contributed by atoms with Gasteiger partial charge >= 0.3 is 0 Å². The molecule has 2 aliphatic rings. The molecule has 1 unspecified atom stereocenters. The fourth-order valence-corrected chi connectivity index (χ4v) is 5.38. The molecule has 0 N–H and O–H groups in total. The molecule has 5 rings (SSSR count). The van der Waals surface area contributed by atoms with Crippen molar-refractivity contribution in [2.45, 2.75) is 45.6 Å². The van der Waals surface area contributed by atoms with Crippen LogP contribution in [0, 0.1) is 5.41 Å². The van der Waals surface area contributed by atoms with E-state index in [0.717, 1.165) is 36.6 Å². The maximum Gasteiger partial charge on any atom is 0.276 e. The van der Waals surface area contributed by atoms with Crippen LogP contribution in [-0.2, 0) is 0 Å². The minimum absolute atomic E-state index is 0.000613. The van der Waals surface area contributed by atoms with E-state index in [4.69, 9.17) is 0 Å². The zero-order valence-corrected chi connectivity index (χ0v) is 19.3. The molecule has 3 heterocycles. The molecule has 8 heteroatoms. The Morgan fingerprint density at radius 2 is 1.79 bits per heavy atom. The molecule has 1 aromatic carbocycles. The molecule has 2 aromatic heterocycles. The Labute approximate surface area is 193 Å². The number of fused-ring (bicyclic) bond motifs is 1. The van der Waals surface area contributed by atoms with E-state index in [-0.39, 0.29) is 23.3 Å². The zero-order chi connectivity index (χ0) is 23.0. The van der Waals surface area contributed by atoms with Gasteiger partial charge in [0, 0.05) is 31.6 Å². The molecule has 1 atom stereocenters. The van der Waals surface area contributed by atoms with E-state index < -0.39 is 0 Å². The van der Waals surface area contributed by atoms with Crippen molar-refractivity contribution in [1.29, 1.82) is 0 Å². The number of pyridine rings is 1. The third kappa shape index (κ3) is 3.77. The number of piperidine rings is 1. The molecule has 8 nitrogen and oxygen atoms in total. The molecule has 1 saturated heterocycles. The van der Waals surface area contributed by atoms with Crippen molar-refractivity contribution < 1.29 is 9.59 Å². The van der Waals surface area contributed by atoms with Crippen molar-refractivity contribution in [3.8, 4) is 0 Å². The lowest BCUT2D eigenvalue weighted by Crippen LogP contribution is -2.51. The molecule has 33 heavy (non-hydrogen) atoms. The van der Waals surface area contributed by atoms with E-state index in [1.807, 2.05) is 66.0 Å². The molecule has 172 valence electrons. The topological polar surface area (TPSA) is 84.2 Å². The Bertz CT molecular complexity index is 1180. The minimum atomic E-state index is -0.0667. The second kappa shape index (κ2) is 8.57. The molecule has 3 aromatic rings. The predicted octanol–water partition coefficient (Wildman–Crippen LogP) is 3.57. The molecule has 2 amide bonds. The Morgan fingerprint density at radius 1 is 1.03 bits per heavy atom. The van der Waals surface area contributed by atoms with Crippen LogP contribution in [-0.4, -0.2) is 67.8 Å². The summed E-state index contributed by atoms with van der Waals surface area (Å²) in [5, 5.41) is 9.53. The average Bonchev–Trinajstić information content (AvgIpc) is 3.32. The largest absolute Gasteiger partial charge is 0.338 e. The van der Waals surface area contributed by atoms with Crippen LogP contribution in [0.2, 0.25) is 0 Å². The molecule has 0 bridgehead atoms. The summed E-state index contributed by atoms with van der Waals surface area (Å²) in [6.45, 7) is 6.68. The van der Waals surface area contributed by atoms with Crippen LogP contribution < -0.4 is 0 Å². The third-order valence-corrected chi connectivity index (χ3v) is 7.59. The van der Waals surface area contributed by atoms with Gasteiger partial charge in [0.1, 0.15) is 5.69 Å². The van der Waals surface area contributed by atoms with Gasteiger partial charge in [0.05, 0.1) is 17.8 Å². The quantitative estimate of drug-likeness (QED) is 0.598. The van der Waals surface area contributed by atoms with Gasteiger partial charge in [0.15, 0.2) is 5.69 Å². The Balaban J connectivity index is 1.25. The highest BCUT2D eigenvalue weighted by Crippen LogP contribution is 2.56. The van der Waals surface area contributed by atoms with Crippen molar-refractivity contribution in [2.24, 2.45) is 5.41 Å². The van der Waals surface area contributed by atoms with Gasteiger partial charge in [-0.2, -0.15) is 0 Å². The van der Waals surface area contributed by atoms with E-state index in [1.165, 1.54) is 0 Å². The summed E-state index contributed by atoms with van der Waals surface area (Å²) in [5.41, 5.74) is 1.88. The molecule has 1 saturated carbocycles. The highest BCUT2D eigenvalue weighted by molar-refractivity contribution is 5.95. The molecule has 0 radical (unpaired) electrons. The van der Waals surface area contributed by atoms with Crippen LogP contribution in [0.5, 0.6) is 0 Å². The lowest BCUT2D eigenvalue weighted by atomic mass is 9.59. The number of aromatic nitrogens is 4. The van der Waals surface area contributed by atoms with Gasteiger partial charge in [-0.15, -0.1) is 5.10 Å². The smallest absolute Gasteiger partial charge is 0.276 e. The van der Waals surface area contributed by atoms with Crippen LogP contribution in [0.4, 0.5) is 0 Å². The SMILES string of the molecule is CCN(CC)C(=O)c1cn(C2CCC23CCN(C(=O)c2ccc4ccccc4n2)CC3)nn1. The Hall–Kier alpha value is -3.29. The number of hydrogen-bond donors (Lipinski definition) is 0. The lowest BCUT2D eigenvalue weighted by molar-refractivity contribution is -0.0269.